The molecule has 0 aliphatic carbocycles. The number of hydrogen-bond donors (Lipinski definition) is 0. The zero-order valence-corrected chi connectivity index (χ0v) is 10.5. The summed E-state index contributed by atoms with van der Waals surface area (Å²) in [6.07, 6.45) is -9.79. The van der Waals surface area contributed by atoms with Crippen molar-refractivity contribution in [1.82, 2.24) is 0 Å². The zero-order chi connectivity index (χ0) is 16.7. The Morgan fingerprint density at radius 3 is 1.09 bits per heavy atom. The molecule has 0 radical (unpaired) electrons. The molecule has 0 amide bonds. The summed E-state index contributed by atoms with van der Waals surface area (Å²) in [6, 6.07) is 3.58. The minimum Gasteiger partial charge on any atom is -0.206 e. The molecule has 0 N–H and O–H groups in total. The normalized spacial score (nSPS) is 12.5. The second-order valence-electron chi connectivity index (χ2n) is 4.38. The highest BCUT2D eigenvalue weighted by Crippen LogP contribution is 2.36. The van der Waals surface area contributed by atoms with Gasteiger partial charge in [-0.15, -0.1) is 0 Å². The van der Waals surface area contributed by atoms with E-state index in [-0.39, 0.29) is 11.1 Å². The van der Waals surface area contributed by atoms with Crippen LogP contribution in [0, 0.1) is 11.6 Å². The largest absolute Gasteiger partial charge is 0.419 e. The van der Waals surface area contributed by atoms with Gasteiger partial charge in [0.05, 0.1) is 11.1 Å². The van der Waals surface area contributed by atoms with E-state index in [4.69, 9.17) is 0 Å². The second-order valence-corrected chi connectivity index (χ2v) is 4.38. The van der Waals surface area contributed by atoms with E-state index in [0.717, 1.165) is 12.1 Å². The van der Waals surface area contributed by atoms with E-state index in [1.807, 2.05) is 0 Å². The van der Waals surface area contributed by atoms with Gasteiger partial charge in [-0.05, 0) is 35.4 Å². The Morgan fingerprint density at radius 2 is 0.864 bits per heavy atom. The molecule has 0 spiro atoms. The predicted molar refractivity (Wildman–Crippen MR) is 61.8 cm³/mol. The number of benzene rings is 2. The van der Waals surface area contributed by atoms with Crippen LogP contribution in [0.15, 0.2) is 36.4 Å². The second kappa shape index (κ2) is 5.26. The molecule has 2 aromatic carbocycles. The van der Waals surface area contributed by atoms with E-state index in [2.05, 4.69) is 0 Å². The van der Waals surface area contributed by atoms with Crippen molar-refractivity contribution in [2.45, 2.75) is 12.4 Å². The van der Waals surface area contributed by atoms with Crippen molar-refractivity contribution in [3.8, 4) is 11.1 Å². The molecule has 0 aromatic heterocycles. The molecule has 0 unspecified atom stereocenters. The summed E-state index contributed by atoms with van der Waals surface area (Å²) < 4.78 is 101. The maximum absolute atomic E-state index is 13.4. The monoisotopic (exact) mass is 326 g/mol. The summed E-state index contributed by atoms with van der Waals surface area (Å²) >= 11 is 0. The van der Waals surface area contributed by atoms with E-state index >= 15 is 0 Å². The number of alkyl halides is 6. The molecule has 0 aliphatic rings. The molecule has 0 heterocycles. The molecule has 2 rings (SSSR count). The standard InChI is InChI=1S/C14H6F8/c15-11-5-7(1-3-9(11)13(17,18)19)8-2-4-10(12(16)6-8)14(20,21)22/h1-6H. The van der Waals surface area contributed by atoms with Gasteiger partial charge < -0.3 is 0 Å². The topological polar surface area (TPSA) is 0 Å². The molecule has 0 atom stereocenters. The molecule has 0 saturated heterocycles. The third-order valence-electron chi connectivity index (χ3n) is 2.88. The first-order chi connectivity index (χ1) is 10.00. The minimum absolute atomic E-state index is 0.168. The summed E-state index contributed by atoms with van der Waals surface area (Å²) in [6.45, 7) is 0. The van der Waals surface area contributed by atoms with Gasteiger partial charge in [-0.3, -0.25) is 0 Å². The van der Waals surface area contributed by atoms with Crippen molar-refractivity contribution in [2.24, 2.45) is 0 Å². The fourth-order valence-corrected chi connectivity index (χ4v) is 1.85. The van der Waals surface area contributed by atoms with Crippen LogP contribution in [0.2, 0.25) is 0 Å². The summed E-state index contributed by atoms with van der Waals surface area (Å²) in [5, 5.41) is 0. The van der Waals surface area contributed by atoms with Gasteiger partial charge in [-0.25, -0.2) is 8.78 Å². The van der Waals surface area contributed by atoms with E-state index in [1.54, 1.807) is 0 Å². The Bertz CT molecular complexity index is 635. The van der Waals surface area contributed by atoms with Crippen LogP contribution in [0.25, 0.3) is 11.1 Å². The van der Waals surface area contributed by atoms with Crippen LogP contribution in [0.4, 0.5) is 35.1 Å². The lowest BCUT2D eigenvalue weighted by molar-refractivity contribution is -0.140. The first-order valence-corrected chi connectivity index (χ1v) is 5.74. The molecule has 0 bridgehead atoms. The van der Waals surface area contributed by atoms with Gasteiger partial charge in [0.2, 0.25) is 0 Å². The fraction of sp³-hybridized carbons (Fsp3) is 0.143. The Hall–Kier alpha value is -2.12. The quantitative estimate of drug-likeness (QED) is 0.592. The van der Waals surface area contributed by atoms with Crippen molar-refractivity contribution in [3.05, 3.63) is 59.2 Å². The smallest absolute Gasteiger partial charge is 0.206 e. The van der Waals surface area contributed by atoms with Gasteiger partial charge in [0.15, 0.2) is 0 Å². The van der Waals surface area contributed by atoms with E-state index in [0.29, 0.717) is 24.3 Å². The fourth-order valence-electron chi connectivity index (χ4n) is 1.85. The first-order valence-electron chi connectivity index (χ1n) is 5.74. The van der Waals surface area contributed by atoms with Crippen LogP contribution < -0.4 is 0 Å². The van der Waals surface area contributed by atoms with E-state index in [9.17, 15) is 35.1 Å². The summed E-state index contributed by atoms with van der Waals surface area (Å²) in [5.74, 6) is -3.18. The van der Waals surface area contributed by atoms with Gasteiger partial charge in [0, 0.05) is 0 Å². The average molecular weight is 326 g/mol. The van der Waals surface area contributed by atoms with Crippen LogP contribution >= 0.6 is 0 Å². The minimum atomic E-state index is -4.89. The lowest BCUT2D eigenvalue weighted by Crippen LogP contribution is -2.08. The highest BCUT2D eigenvalue weighted by Gasteiger charge is 2.35. The molecule has 0 saturated carbocycles. The Kier molecular flexibility index (Phi) is 3.88. The molecule has 0 nitrogen and oxygen atoms in total. The van der Waals surface area contributed by atoms with Crippen molar-refractivity contribution >= 4 is 0 Å². The third kappa shape index (κ3) is 3.20. The van der Waals surface area contributed by atoms with Crippen molar-refractivity contribution in [3.63, 3.8) is 0 Å². The molecule has 2 aromatic rings. The molecule has 0 fully saturated rings. The maximum atomic E-state index is 13.4. The summed E-state index contributed by atoms with van der Waals surface area (Å²) in [7, 11) is 0. The van der Waals surface area contributed by atoms with E-state index < -0.39 is 35.1 Å². The number of hydrogen-bond acceptors (Lipinski definition) is 0. The molecular formula is C14H6F8. The van der Waals surface area contributed by atoms with Gasteiger partial charge in [0.25, 0.3) is 0 Å². The Balaban J connectivity index is 2.46. The van der Waals surface area contributed by atoms with Gasteiger partial charge >= 0.3 is 12.4 Å². The molecule has 8 heteroatoms. The van der Waals surface area contributed by atoms with Crippen LogP contribution in [-0.4, -0.2) is 0 Å². The van der Waals surface area contributed by atoms with Crippen molar-refractivity contribution in [1.29, 1.82) is 0 Å². The maximum Gasteiger partial charge on any atom is 0.419 e. The summed E-state index contributed by atoms with van der Waals surface area (Å²) in [4.78, 5) is 0. The SMILES string of the molecule is Fc1cc(-c2ccc(C(F)(F)F)c(F)c2)ccc1C(F)(F)F. The highest BCUT2D eigenvalue weighted by atomic mass is 19.4. The summed E-state index contributed by atoms with van der Waals surface area (Å²) in [5.41, 5.74) is -3.36. The lowest BCUT2D eigenvalue weighted by Gasteiger charge is -2.11. The molecule has 22 heavy (non-hydrogen) atoms. The van der Waals surface area contributed by atoms with E-state index in [1.165, 1.54) is 0 Å². The predicted octanol–water partition coefficient (Wildman–Crippen LogP) is 5.67. The Morgan fingerprint density at radius 1 is 0.545 bits per heavy atom. The van der Waals surface area contributed by atoms with Crippen LogP contribution in [0.1, 0.15) is 11.1 Å². The average Bonchev–Trinajstić information content (AvgIpc) is 2.35. The van der Waals surface area contributed by atoms with Gasteiger partial charge in [0.1, 0.15) is 11.6 Å². The molecule has 0 aliphatic heterocycles. The third-order valence-corrected chi connectivity index (χ3v) is 2.88. The van der Waals surface area contributed by atoms with Crippen molar-refractivity contribution < 1.29 is 35.1 Å². The van der Waals surface area contributed by atoms with Gasteiger partial charge in [-0.1, -0.05) is 12.1 Å². The van der Waals surface area contributed by atoms with Crippen molar-refractivity contribution in [2.75, 3.05) is 0 Å². The first kappa shape index (κ1) is 16.3. The lowest BCUT2D eigenvalue weighted by atomic mass is 10.0. The Labute approximate surface area is 119 Å². The number of halogens is 8. The van der Waals surface area contributed by atoms with Crippen LogP contribution in [0.5, 0.6) is 0 Å². The molecular weight excluding hydrogens is 320 g/mol. The molecule has 118 valence electrons. The van der Waals surface area contributed by atoms with Crippen LogP contribution in [-0.2, 0) is 12.4 Å². The highest BCUT2D eigenvalue weighted by molar-refractivity contribution is 5.64. The van der Waals surface area contributed by atoms with Gasteiger partial charge in [-0.2, -0.15) is 26.3 Å². The number of rotatable bonds is 1. The van der Waals surface area contributed by atoms with Crippen LogP contribution in [0.3, 0.4) is 0 Å². The zero-order valence-electron chi connectivity index (χ0n) is 10.5.